The zero-order chi connectivity index (χ0) is 17.9. The summed E-state index contributed by atoms with van der Waals surface area (Å²) in [5.41, 5.74) is 4.10. The van der Waals surface area contributed by atoms with Gasteiger partial charge in [-0.2, -0.15) is 0 Å². The summed E-state index contributed by atoms with van der Waals surface area (Å²) >= 11 is 0. The number of rotatable bonds is 5. The number of benzene rings is 2. The van der Waals surface area contributed by atoms with Crippen LogP contribution in [0.3, 0.4) is 0 Å². The molecule has 0 bridgehead atoms. The Labute approximate surface area is 143 Å². The first-order chi connectivity index (χ1) is 11.1. The Morgan fingerprint density at radius 3 is 2.00 bits per heavy atom. The largest absolute Gasteiger partial charge is 0.325 e. The first-order valence-electron chi connectivity index (χ1n) is 7.58. The van der Waals surface area contributed by atoms with Crippen molar-refractivity contribution in [3.05, 3.63) is 59.2 Å². The normalized spacial score (nSPS) is 11.2. The summed E-state index contributed by atoms with van der Waals surface area (Å²) in [7, 11) is -3.57. The molecule has 0 saturated heterocycles. The molecule has 0 aliphatic carbocycles. The first-order valence-corrected chi connectivity index (χ1v) is 9.42. The molecule has 0 radical (unpaired) electrons. The van der Waals surface area contributed by atoms with Gasteiger partial charge in [0, 0.05) is 5.69 Å². The van der Waals surface area contributed by atoms with Gasteiger partial charge in [-0.25, -0.2) is 8.42 Å². The fraction of sp³-hybridized carbons (Fsp3) is 0.278. The number of hydrogen-bond donors (Lipinski definition) is 1. The van der Waals surface area contributed by atoms with Gasteiger partial charge in [0.2, 0.25) is 15.9 Å². The van der Waals surface area contributed by atoms with Crippen molar-refractivity contribution in [1.29, 1.82) is 0 Å². The lowest BCUT2D eigenvalue weighted by atomic mass is 10.1. The number of nitrogens with one attached hydrogen (secondary N) is 1. The van der Waals surface area contributed by atoms with E-state index in [1.807, 2.05) is 39.0 Å². The molecule has 0 aliphatic heterocycles. The van der Waals surface area contributed by atoms with E-state index in [0.29, 0.717) is 11.4 Å². The average molecular weight is 346 g/mol. The second-order valence-corrected chi connectivity index (χ2v) is 7.94. The Morgan fingerprint density at radius 1 is 0.958 bits per heavy atom. The lowest BCUT2D eigenvalue weighted by molar-refractivity contribution is -0.114. The molecule has 2 aromatic rings. The van der Waals surface area contributed by atoms with Gasteiger partial charge in [0.05, 0.1) is 11.9 Å². The van der Waals surface area contributed by atoms with E-state index in [9.17, 15) is 13.2 Å². The zero-order valence-corrected chi connectivity index (χ0v) is 15.1. The van der Waals surface area contributed by atoms with Gasteiger partial charge in [-0.15, -0.1) is 0 Å². The molecular weight excluding hydrogens is 324 g/mol. The molecule has 2 rings (SSSR count). The first kappa shape index (κ1) is 18.0. The average Bonchev–Trinajstić information content (AvgIpc) is 2.45. The minimum Gasteiger partial charge on any atom is -0.325 e. The van der Waals surface area contributed by atoms with Crippen LogP contribution in [-0.2, 0) is 14.8 Å². The van der Waals surface area contributed by atoms with Crippen molar-refractivity contribution < 1.29 is 13.2 Å². The van der Waals surface area contributed by atoms with Crippen LogP contribution in [0.15, 0.2) is 42.5 Å². The van der Waals surface area contributed by atoms with Gasteiger partial charge in [-0.05, 0) is 56.2 Å². The third-order valence-corrected chi connectivity index (χ3v) is 4.66. The van der Waals surface area contributed by atoms with Gasteiger partial charge < -0.3 is 5.32 Å². The minimum absolute atomic E-state index is 0.268. The van der Waals surface area contributed by atoms with Crippen molar-refractivity contribution in [3.8, 4) is 0 Å². The number of sulfonamides is 1. The number of amides is 1. The molecule has 6 heteroatoms. The van der Waals surface area contributed by atoms with E-state index in [1.54, 1.807) is 24.3 Å². The van der Waals surface area contributed by atoms with Crippen molar-refractivity contribution >= 4 is 27.3 Å². The molecule has 0 fully saturated rings. The van der Waals surface area contributed by atoms with Crippen molar-refractivity contribution in [2.75, 3.05) is 22.4 Å². The molecule has 0 atom stereocenters. The standard InChI is InChI=1S/C18H22N2O3S/c1-13-5-7-16(8-6-13)19-18(21)12-20(24(4,22)23)17-10-14(2)9-15(3)11-17/h5-11H,12H2,1-4H3,(H,19,21). The van der Waals surface area contributed by atoms with Crippen LogP contribution in [0.1, 0.15) is 16.7 Å². The quantitative estimate of drug-likeness (QED) is 0.905. The Balaban J connectivity index is 2.23. The van der Waals surface area contributed by atoms with Crippen LogP contribution in [0.25, 0.3) is 0 Å². The molecule has 5 nitrogen and oxygen atoms in total. The summed E-state index contributed by atoms with van der Waals surface area (Å²) < 4.78 is 25.4. The maximum absolute atomic E-state index is 12.3. The van der Waals surface area contributed by atoms with Crippen molar-refractivity contribution in [2.45, 2.75) is 20.8 Å². The highest BCUT2D eigenvalue weighted by Gasteiger charge is 2.21. The molecule has 128 valence electrons. The van der Waals surface area contributed by atoms with E-state index in [0.717, 1.165) is 27.3 Å². The highest BCUT2D eigenvalue weighted by molar-refractivity contribution is 7.92. The summed E-state index contributed by atoms with van der Waals surface area (Å²) in [6.07, 6.45) is 1.10. The SMILES string of the molecule is Cc1ccc(NC(=O)CN(c2cc(C)cc(C)c2)S(C)(=O)=O)cc1. The van der Waals surface area contributed by atoms with E-state index in [4.69, 9.17) is 0 Å². The van der Waals surface area contributed by atoms with Crippen LogP contribution in [0.4, 0.5) is 11.4 Å². The van der Waals surface area contributed by atoms with E-state index in [1.165, 1.54) is 0 Å². The molecule has 1 N–H and O–H groups in total. The van der Waals surface area contributed by atoms with Crippen LogP contribution < -0.4 is 9.62 Å². The molecule has 2 aromatic carbocycles. The predicted molar refractivity (Wildman–Crippen MR) is 97.9 cm³/mol. The topological polar surface area (TPSA) is 66.5 Å². The molecule has 1 amide bonds. The monoisotopic (exact) mass is 346 g/mol. The number of carbonyl (C=O) groups excluding carboxylic acids is 1. The minimum atomic E-state index is -3.57. The van der Waals surface area contributed by atoms with Gasteiger partial charge in [-0.3, -0.25) is 9.10 Å². The molecule has 0 spiro atoms. The van der Waals surface area contributed by atoms with Gasteiger partial charge in [0.15, 0.2) is 0 Å². The number of carbonyl (C=O) groups is 1. The summed E-state index contributed by atoms with van der Waals surface area (Å²) in [5, 5.41) is 2.73. The lowest BCUT2D eigenvalue weighted by Crippen LogP contribution is -2.37. The highest BCUT2D eigenvalue weighted by Crippen LogP contribution is 2.21. The Bertz CT molecular complexity index is 823. The number of anilines is 2. The predicted octanol–water partition coefficient (Wildman–Crippen LogP) is 3.02. The van der Waals surface area contributed by atoms with Gasteiger partial charge >= 0.3 is 0 Å². The van der Waals surface area contributed by atoms with E-state index in [-0.39, 0.29) is 12.5 Å². The van der Waals surface area contributed by atoms with Gasteiger partial charge in [0.25, 0.3) is 0 Å². The maximum Gasteiger partial charge on any atom is 0.245 e. The summed E-state index contributed by atoms with van der Waals surface area (Å²) in [5.74, 6) is -0.386. The third kappa shape index (κ3) is 4.83. The number of hydrogen-bond acceptors (Lipinski definition) is 3. The summed E-state index contributed by atoms with van der Waals surface area (Å²) in [6, 6.07) is 12.8. The van der Waals surface area contributed by atoms with Crippen LogP contribution >= 0.6 is 0 Å². The smallest absolute Gasteiger partial charge is 0.245 e. The van der Waals surface area contributed by atoms with E-state index >= 15 is 0 Å². The highest BCUT2D eigenvalue weighted by atomic mass is 32.2. The fourth-order valence-electron chi connectivity index (χ4n) is 2.46. The Morgan fingerprint density at radius 2 is 1.50 bits per heavy atom. The Hall–Kier alpha value is -2.34. The van der Waals surface area contributed by atoms with Crippen molar-refractivity contribution in [2.24, 2.45) is 0 Å². The molecule has 0 aliphatic rings. The Kier molecular flexibility index (Phi) is 5.29. The molecule has 0 saturated carbocycles. The van der Waals surface area contributed by atoms with Crippen LogP contribution in [-0.4, -0.2) is 27.1 Å². The fourth-order valence-corrected chi connectivity index (χ4v) is 3.30. The third-order valence-electron chi connectivity index (χ3n) is 3.52. The second-order valence-electron chi connectivity index (χ2n) is 6.03. The lowest BCUT2D eigenvalue weighted by Gasteiger charge is -2.22. The summed E-state index contributed by atoms with van der Waals surface area (Å²) in [4.78, 5) is 12.3. The molecule has 0 heterocycles. The molecular formula is C18H22N2O3S. The molecule has 0 aromatic heterocycles. The number of nitrogens with zero attached hydrogens (tertiary/aromatic N) is 1. The van der Waals surface area contributed by atoms with Gasteiger partial charge in [0.1, 0.15) is 6.54 Å². The van der Waals surface area contributed by atoms with Gasteiger partial charge in [-0.1, -0.05) is 23.8 Å². The van der Waals surface area contributed by atoms with E-state index < -0.39 is 10.0 Å². The maximum atomic E-state index is 12.3. The summed E-state index contributed by atoms with van der Waals surface area (Å²) in [6.45, 7) is 5.47. The molecule has 24 heavy (non-hydrogen) atoms. The van der Waals surface area contributed by atoms with Crippen LogP contribution in [0, 0.1) is 20.8 Å². The van der Waals surface area contributed by atoms with Crippen molar-refractivity contribution in [3.63, 3.8) is 0 Å². The van der Waals surface area contributed by atoms with E-state index in [2.05, 4.69) is 5.32 Å². The molecule has 0 unspecified atom stereocenters. The zero-order valence-electron chi connectivity index (χ0n) is 14.3. The van der Waals surface area contributed by atoms with Crippen LogP contribution in [0.5, 0.6) is 0 Å². The van der Waals surface area contributed by atoms with Crippen LogP contribution in [0.2, 0.25) is 0 Å². The second kappa shape index (κ2) is 7.05. The number of aryl methyl sites for hydroxylation is 3. The van der Waals surface area contributed by atoms with Crippen molar-refractivity contribution in [1.82, 2.24) is 0 Å².